The maximum atomic E-state index is 13.6. The molecule has 2 aromatic rings. The van der Waals surface area contributed by atoms with Crippen LogP contribution in [-0.2, 0) is 6.42 Å². The van der Waals surface area contributed by atoms with Crippen molar-refractivity contribution in [1.82, 2.24) is 0 Å². The van der Waals surface area contributed by atoms with Crippen LogP contribution in [0.3, 0.4) is 0 Å². The first-order chi connectivity index (χ1) is 9.79. The molecule has 0 aliphatic carbocycles. The molecule has 0 spiro atoms. The van der Waals surface area contributed by atoms with Crippen LogP contribution in [0.4, 0.5) is 10.1 Å². The minimum atomic E-state index is -0.368. The first-order valence-corrected chi connectivity index (χ1v) is 6.77. The molecule has 3 heteroatoms. The molecule has 20 heavy (non-hydrogen) atoms. The number of nitrogens with one attached hydrogen (secondary N) is 1. The molecule has 0 atom stereocenters. The second kappa shape index (κ2) is 7.30. The third kappa shape index (κ3) is 4.10. The van der Waals surface area contributed by atoms with E-state index in [4.69, 9.17) is 5.26 Å². The van der Waals surface area contributed by atoms with Gasteiger partial charge in [-0.05, 0) is 43.0 Å². The molecular formula is C17H17FN2. The zero-order valence-corrected chi connectivity index (χ0v) is 11.3. The minimum absolute atomic E-state index is 0.345. The molecule has 0 saturated carbocycles. The topological polar surface area (TPSA) is 35.8 Å². The molecule has 0 unspecified atom stereocenters. The van der Waals surface area contributed by atoms with E-state index in [1.54, 1.807) is 12.1 Å². The number of benzene rings is 2. The van der Waals surface area contributed by atoms with Gasteiger partial charge in [-0.15, -0.1) is 0 Å². The quantitative estimate of drug-likeness (QED) is 0.799. The first-order valence-electron chi connectivity index (χ1n) is 6.77. The maximum absolute atomic E-state index is 13.6. The second-order valence-electron chi connectivity index (χ2n) is 4.68. The fraction of sp³-hybridized carbons (Fsp3) is 0.235. The van der Waals surface area contributed by atoms with E-state index in [0.29, 0.717) is 11.3 Å². The van der Waals surface area contributed by atoms with E-state index in [-0.39, 0.29) is 5.82 Å². The lowest BCUT2D eigenvalue weighted by atomic mass is 10.1. The Morgan fingerprint density at radius 2 is 1.85 bits per heavy atom. The summed E-state index contributed by atoms with van der Waals surface area (Å²) in [6.45, 7) is 0.732. The van der Waals surface area contributed by atoms with Crippen LogP contribution >= 0.6 is 0 Å². The molecule has 2 aromatic carbocycles. The van der Waals surface area contributed by atoms with Crippen molar-refractivity contribution in [2.45, 2.75) is 19.3 Å². The van der Waals surface area contributed by atoms with Gasteiger partial charge in [-0.3, -0.25) is 0 Å². The normalized spacial score (nSPS) is 10.0. The van der Waals surface area contributed by atoms with E-state index in [2.05, 4.69) is 17.4 Å². The predicted molar refractivity (Wildman–Crippen MR) is 79.0 cm³/mol. The molecule has 0 aliphatic rings. The fourth-order valence-corrected chi connectivity index (χ4v) is 2.05. The van der Waals surface area contributed by atoms with Crippen molar-refractivity contribution in [1.29, 1.82) is 5.26 Å². The molecule has 2 rings (SSSR count). The zero-order valence-electron chi connectivity index (χ0n) is 11.3. The lowest BCUT2D eigenvalue weighted by Crippen LogP contribution is -2.04. The average molecular weight is 268 g/mol. The van der Waals surface area contributed by atoms with Gasteiger partial charge in [0.05, 0.1) is 17.3 Å². The Bertz CT molecular complexity index is 588. The Morgan fingerprint density at radius 1 is 1.05 bits per heavy atom. The summed E-state index contributed by atoms with van der Waals surface area (Å²) in [5, 5.41) is 11.7. The zero-order chi connectivity index (χ0) is 14.2. The van der Waals surface area contributed by atoms with Crippen LogP contribution in [0.1, 0.15) is 24.0 Å². The van der Waals surface area contributed by atoms with Gasteiger partial charge in [0, 0.05) is 6.54 Å². The number of aryl methyl sites for hydroxylation is 1. The number of unbranched alkanes of at least 4 members (excludes halogenated alkanes) is 1. The molecular weight excluding hydrogens is 251 g/mol. The smallest absolute Gasteiger partial charge is 0.147 e. The summed E-state index contributed by atoms with van der Waals surface area (Å²) in [5.41, 5.74) is 2.14. The van der Waals surface area contributed by atoms with Crippen molar-refractivity contribution in [3.05, 3.63) is 65.5 Å². The number of halogens is 1. The number of nitrogens with zero attached hydrogens (tertiary/aromatic N) is 1. The highest BCUT2D eigenvalue weighted by molar-refractivity contribution is 5.48. The van der Waals surface area contributed by atoms with Crippen molar-refractivity contribution < 1.29 is 4.39 Å². The monoisotopic (exact) mass is 268 g/mol. The van der Waals surface area contributed by atoms with Gasteiger partial charge < -0.3 is 5.32 Å². The Balaban J connectivity index is 1.72. The molecule has 102 valence electrons. The summed E-state index contributed by atoms with van der Waals surface area (Å²) in [4.78, 5) is 0. The van der Waals surface area contributed by atoms with Crippen LogP contribution in [0, 0.1) is 17.1 Å². The maximum Gasteiger partial charge on any atom is 0.147 e. The third-order valence-electron chi connectivity index (χ3n) is 3.15. The predicted octanol–water partition coefficient (Wildman–Crippen LogP) is 4.13. The van der Waals surface area contributed by atoms with E-state index in [0.717, 1.165) is 25.8 Å². The van der Waals surface area contributed by atoms with Crippen LogP contribution in [0.5, 0.6) is 0 Å². The van der Waals surface area contributed by atoms with Crippen LogP contribution in [-0.4, -0.2) is 6.54 Å². The summed E-state index contributed by atoms with van der Waals surface area (Å²) in [7, 11) is 0. The molecule has 0 amide bonds. The van der Waals surface area contributed by atoms with Crippen molar-refractivity contribution >= 4 is 5.69 Å². The minimum Gasteiger partial charge on any atom is -0.383 e. The van der Waals surface area contributed by atoms with Gasteiger partial charge in [0.25, 0.3) is 0 Å². The Morgan fingerprint density at radius 3 is 2.55 bits per heavy atom. The lowest BCUT2D eigenvalue weighted by Gasteiger charge is -2.07. The number of hydrogen-bond donors (Lipinski definition) is 1. The van der Waals surface area contributed by atoms with Gasteiger partial charge in [0.15, 0.2) is 0 Å². The van der Waals surface area contributed by atoms with E-state index in [9.17, 15) is 4.39 Å². The number of anilines is 1. The Hall–Kier alpha value is -2.34. The molecule has 0 saturated heterocycles. The lowest BCUT2D eigenvalue weighted by molar-refractivity contribution is 0.628. The van der Waals surface area contributed by atoms with Crippen LogP contribution in [0.15, 0.2) is 48.5 Å². The van der Waals surface area contributed by atoms with E-state index in [1.807, 2.05) is 24.3 Å². The SMILES string of the molecule is N#Cc1ccc(NCCCCc2ccccc2)c(F)c1. The Labute approximate surface area is 118 Å². The summed E-state index contributed by atoms with van der Waals surface area (Å²) < 4.78 is 13.6. The first kappa shape index (κ1) is 14.1. The molecule has 0 bridgehead atoms. The van der Waals surface area contributed by atoms with Crippen molar-refractivity contribution in [2.75, 3.05) is 11.9 Å². The second-order valence-corrected chi connectivity index (χ2v) is 4.68. The summed E-state index contributed by atoms with van der Waals surface area (Å²) in [5.74, 6) is -0.368. The molecule has 0 aliphatic heterocycles. The molecule has 1 N–H and O–H groups in total. The van der Waals surface area contributed by atoms with Crippen molar-refractivity contribution in [2.24, 2.45) is 0 Å². The van der Waals surface area contributed by atoms with Crippen LogP contribution < -0.4 is 5.32 Å². The molecule has 0 aromatic heterocycles. The van der Waals surface area contributed by atoms with Gasteiger partial charge in [-0.1, -0.05) is 30.3 Å². The summed E-state index contributed by atoms with van der Waals surface area (Å²) >= 11 is 0. The highest BCUT2D eigenvalue weighted by Crippen LogP contribution is 2.15. The van der Waals surface area contributed by atoms with Crippen LogP contribution in [0.2, 0.25) is 0 Å². The van der Waals surface area contributed by atoms with E-state index >= 15 is 0 Å². The summed E-state index contributed by atoms with van der Waals surface area (Å²) in [6, 6.07) is 16.7. The van der Waals surface area contributed by atoms with Gasteiger partial charge in [0.1, 0.15) is 5.82 Å². The van der Waals surface area contributed by atoms with Crippen molar-refractivity contribution in [3.63, 3.8) is 0 Å². The van der Waals surface area contributed by atoms with Gasteiger partial charge in [0.2, 0.25) is 0 Å². The fourth-order valence-electron chi connectivity index (χ4n) is 2.05. The summed E-state index contributed by atoms with van der Waals surface area (Å²) in [6.07, 6.45) is 3.08. The third-order valence-corrected chi connectivity index (χ3v) is 3.15. The number of nitriles is 1. The van der Waals surface area contributed by atoms with E-state index < -0.39 is 0 Å². The molecule has 0 fully saturated rings. The number of hydrogen-bond acceptors (Lipinski definition) is 2. The standard InChI is InChI=1S/C17H17FN2/c18-16-12-15(13-19)9-10-17(16)20-11-5-4-8-14-6-2-1-3-7-14/h1-3,6-7,9-10,12,20H,4-5,8,11H2. The van der Waals surface area contributed by atoms with E-state index in [1.165, 1.54) is 11.6 Å². The molecule has 0 heterocycles. The van der Waals surface area contributed by atoms with Gasteiger partial charge in [-0.2, -0.15) is 5.26 Å². The average Bonchev–Trinajstić information content (AvgIpc) is 2.49. The molecule has 0 radical (unpaired) electrons. The highest BCUT2D eigenvalue weighted by Gasteiger charge is 2.02. The van der Waals surface area contributed by atoms with Gasteiger partial charge >= 0.3 is 0 Å². The number of rotatable bonds is 6. The van der Waals surface area contributed by atoms with Gasteiger partial charge in [-0.25, -0.2) is 4.39 Å². The Kier molecular flexibility index (Phi) is 5.14. The van der Waals surface area contributed by atoms with Crippen molar-refractivity contribution in [3.8, 4) is 6.07 Å². The largest absolute Gasteiger partial charge is 0.383 e. The highest BCUT2D eigenvalue weighted by atomic mass is 19.1. The van der Waals surface area contributed by atoms with Crippen LogP contribution in [0.25, 0.3) is 0 Å². The molecule has 2 nitrogen and oxygen atoms in total.